The first kappa shape index (κ1) is 15.6. The molecule has 2 aromatic rings. The molecular formula is C17H15BrClIO. The zero-order valence-electron chi connectivity index (χ0n) is 11.8. The van der Waals surface area contributed by atoms with Gasteiger partial charge in [0, 0.05) is 14.5 Å². The molecule has 0 N–H and O–H groups in total. The van der Waals surface area contributed by atoms with Crippen LogP contribution in [0.4, 0.5) is 0 Å². The largest absolute Gasteiger partial charge is 0.492 e. The molecule has 1 heterocycles. The van der Waals surface area contributed by atoms with E-state index in [1.165, 1.54) is 11.1 Å². The molecule has 0 saturated heterocycles. The first-order valence-electron chi connectivity index (χ1n) is 6.75. The molecule has 0 spiro atoms. The second-order valence-corrected chi connectivity index (χ2v) is 8.45. The Balaban J connectivity index is 1.99. The van der Waals surface area contributed by atoms with Gasteiger partial charge in [-0.3, -0.25) is 0 Å². The van der Waals surface area contributed by atoms with Crippen molar-refractivity contribution < 1.29 is 4.74 Å². The van der Waals surface area contributed by atoms with Crippen LogP contribution in [0.5, 0.6) is 5.75 Å². The van der Waals surface area contributed by atoms with Crippen LogP contribution in [0.1, 0.15) is 35.4 Å². The molecule has 0 aromatic heterocycles. The molecule has 0 amide bonds. The summed E-state index contributed by atoms with van der Waals surface area (Å²) in [5.41, 5.74) is 3.74. The number of rotatable bonds is 2. The zero-order chi connectivity index (χ0) is 15.2. The number of alkyl halides is 1. The predicted molar refractivity (Wildman–Crippen MR) is 99.9 cm³/mol. The van der Waals surface area contributed by atoms with Crippen molar-refractivity contribution in [1.82, 2.24) is 0 Å². The third kappa shape index (κ3) is 2.97. The normalized spacial score (nSPS) is 17.2. The van der Waals surface area contributed by atoms with Crippen LogP contribution >= 0.6 is 50.1 Å². The van der Waals surface area contributed by atoms with Crippen LogP contribution < -0.4 is 4.74 Å². The van der Waals surface area contributed by atoms with Crippen molar-refractivity contribution in [2.24, 2.45) is 0 Å². The summed E-state index contributed by atoms with van der Waals surface area (Å²) < 4.78 is 6.82. The smallest absolute Gasteiger partial charge is 0.123 e. The Bertz CT molecular complexity index is 699. The lowest BCUT2D eigenvalue weighted by atomic mass is 9.85. The van der Waals surface area contributed by atoms with E-state index in [1.807, 2.05) is 12.1 Å². The molecule has 2 aromatic carbocycles. The SMILES string of the molecule is CC1(C)COc2ccc(C(Br)c3ccc(I)c(Cl)c3)cc21. The molecular weight excluding hydrogens is 462 g/mol. The van der Waals surface area contributed by atoms with E-state index >= 15 is 0 Å². The van der Waals surface area contributed by atoms with Gasteiger partial charge in [0.1, 0.15) is 5.75 Å². The lowest BCUT2D eigenvalue weighted by Crippen LogP contribution is -2.18. The van der Waals surface area contributed by atoms with Gasteiger partial charge in [-0.25, -0.2) is 0 Å². The highest BCUT2D eigenvalue weighted by atomic mass is 127. The Morgan fingerprint density at radius 2 is 1.86 bits per heavy atom. The maximum atomic E-state index is 6.24. The fraction of sp³-hybridized carbons (Fsp3) is 0.294. The molecule has 0 bridgehead atoms. The Hall–Kier alpha value is -0.260. The van der Waals surface area contributed by atoms with Crippen LogP contribution in [0, 0.1) is 3.57 Å². The number of halogens is 3. The van der Waals surface area contributed by atoms with Gasteiger partial charge in [-0.05, 0) is 58.0 Å². The van der Waals surface area contributed by atoms with Crippen LogP contribution in [-0.4, -0.2) is 6.61 Å². The Labute approximate surface area is 152 Å². The van der Waals surface area contributed by atoms with Gasteiger partial charge in [0.25, 0.3) is 0 Å². The van der Waals surface area contributed by atoms with Crippen molar-refractivity contribution in [1.29, 1.82) is 0 Å². The highest BCUT2D eigenvalue weighted by Crippen LogP contribution is 2.42. The van der Waals surface area contributed by atoms with Crippen molar-refractivity contribution in [2.75, 3.05) is 6.61 Å². The summed E-state index contributed by atoms with van der Waals surface area (Å²) in [5, 5.41) is 0.794. The summed E-state index contributed by atoms with van der Waals surface area (Å²) in [5.74, 6) is 1.00. The fourth-order valence-electron chi connectivity index (χ4n) is 2.56. The van der Waals surface area contributed by atoms with E-state index in [0.717, 1.165) is 26.5 Å². The van der Waals surface area contributed by atoms with Gasteiger partial charge in [-0.1, -0.05) is 53.5 Å². The second kappa shape index (κ2) is 5.74. The van der Waals surface area contributed by atoms with E-state index in [2.05, 4.69) is 76.6 Å². The first-order chi connectivity index (χ1) is 9.88. The molecule has 1 aliphatic heterocycles. The van der Waals surface area contributed by atoms with E-state index in [9.17, 15) is 0 Å². The standard InChI is InChI=1S/C17H15BrClIO/c1-17(2)9-21-15-6-4-10(7-12(15)17)16(18)11-3-5-14(20)13(19)8-11/h3-8,16H,9H2,1-2H3. The molecule has 110 valence electrons. The van der Waals surface area contributed by atoms with Gasteiger partial charge >= 0.3 is 0 Å². The lowest BCUT2D eigenvalue weighted by Gasteiger charge is -2.18. The summed E-state index contributed by atoms with van der Waals surface area (Å²) in [6.45, 7) is 5.18. The molecule has 1 unspecified atom stereocenters. The van der Waals surface area contributed by atoms with Crippen molar-refractivity contribution in [2.45, 2.75) is 24.1 Å². The minimum Gasteiger partial charge on any atom is -0.492 e. The minimum atomic E-state index is 0.0712. The van der Waals surface area contributed by atoms with Crippen molar-refractivity contribution in [3.63, 3.8) is 0 Å². The van der Waals surface area contributed by atoms with Crippen LogP contribution in [0.2, 0.25) is 5.02 Å². The number of hydrogen-bond acceptors (Lipinski definition) is 1. The molecule has 0 fully saturated rings. The Morgan fingerprint density at radius 1 is 1.19 bits per heavy atom. The average Bonchev–Trinajstić information content (AvgIpc) is 2.76. The van der Waals surface area contributed by atoms with E-state index < -0.39 is 0 Å². The molecule has 0 radical (unpaired) electrons. The van der Waals surface area contributed by atoms with Gasteiger partial charge in [-0.15, -0.1) is 0 Å². The van der Waals surface area contributed by atoms with Crippen LogP contribution in [0.15, 0.2) is 36.4 Å². The van der Waals surface area contributed by atoms with Gasteiger partial charge in [0.2, 0.25) is 0 Å². The fourth-order valence-corrected chi connectivity index (χ4v) is 3.65. The maximum Gasteiger partial charge on any atom is 0.123 e. The summed E-state index contributed by atoms with van der Waals surface area (Å²) in [6.07, 6.45) is 0. The predicted octanol–water partition coefficient (Wildman–Crippen LogP) is 6.10. The van der Waals surface area contributed by atoms with Crippen LogP contribution in [0.25, 0.3) is 0 Å². The quantitative estimate of drug-likeness (QED) is 0.375. The van der Waals surface area contributed by atoms with E-state index in [-0.39, 0.29) is 10.2 Å². The molecule has 1 nitrogen and oxygen atoms in total. The summed E-state index contributed by atoms with van der Waals surface area (Å²) in [6, 6.07) is 12.6. The molecule has 3 rings (SSSR count). The minimum absolute atomic E-state index is 0.0712. The van der Waals surface area contributed by atoms with Gasteiger partial charge in [0.15, 0.2) is 0 Å². The van der Waals surface area contributed by atoms with Gasteiger partial charge in [-0.2, -0.15) is 0 Å². The molecule has 21 heavy (non-hydrogen) atoms. The highest BCUT2D eigenvalue weighted by molar-refractivity contribution is 14.1. The maximum absolute atomic E-state index is 6.24. The monoisotopic (exact) mass is 476 g/mol. The number of benzene rings is 2. The molecule has 1 atom stereocenters. The van der Waals surface area contributed by atoms with Crippen LogP contribution in [-0.2, 0) is 5.41 Å². The summed E-state index contributed by atoms with van der Waals surface area (Å²) in [4.78, 5) is 0.133. The topological polar surface area (TPSA) is 9.23 Å². The van der Waals surface area contributed by atoms with E-state index in [4.69, 9.17) is 16.3 Å². The molecule has 4 heteroatoms. The van der Waals surface area contributed by atoms with Gasteiger partial charge < -0.3 is 4.74 Å². The third-order valence-corrected chi connectivity index (χ3v) is 6.48. The van der Waals surface area contributed by atoms with Crippen molar-refractivity contribution in [3.8, 4) is 5.75 Å². The van der Waals surface area contributed by atoms with Crippen molar-refractivity contribution in [3.05, 3.63) is 61.7 Å². The Kier molecular flexibility index (Phi) is 4.27. The number of ether oxygens (including phenoxy) is 1. The zero-order valence-corrected chi connectivity index (χ0v) is 16.3. The van der Waals surface area contributed by atoms with E-state index in [1.54, 1.807) is 0 Å². The van der Waals surface area contributed by atoms with Gasteiger partial charge in [0.05, 0.1) is 16.5 Å². The molecule has 0 aliphatic carbocycles. The number of hydrogen-bond donors (Lipinski definition) is 0. The first-order valence-corrected chi connectivity index (χ1v) is 9.12. The van der Waals surface area contributed by atoms with Crippen molar-refractivity contribution >= 4 is 50.1 Å². The summed E-state index contributed by atoms with van der Waals surface area (Å²) >= 11 is 12.3. The average molecular weight is 478 g/mol. The van der Waals surface area contributed by atoms with E-state index in [0.29, 0.717) is 0 Å². The second-order valence-electron chi connectivity index (χ2n) is 5.96. The molecule has 1 aliphatic rings. The number of fused-ring (bicyclic) bond motifs is 1. The van der Waals surface area contributed by atoms with Crippen LogP contribution in [0.3, 0.4) is 0 Å². The third-order valence-electron chi connectivity index (χ3n) is 3.85. The molecule has 0 saturated carbocycles. The Morgan fingerprint density at radius 3 is 2.57 bits per heavy atom. The highest BCUT2D eigenvalue weighted by Gasteiger charge is 2.32. The summed E-state index contributed by atoms with van der Waals surface area (Å²) in [7, 11) is 0. The lowest BCUT2D eigenvalue weighted by molar-refractivity contribution is 0.291.